The lowest BCUT2D eigenvalue weighted by Gasteiger charge is -2.42. The van der Waals surface area contributed by atoms with Gasteiger partial charge in [0.05, 0.1) is 5.54 Å². The standard InChI is InChI=1S/C16H24N2S.BrH/c1-2-12-19-15-17-14-9-5-4-8-13(14)16(18-15)10-6-3-7-11-16;/h2H,1,3-12H2,(H,17,18);1H. The maximum Gasteiger partial charge on any atom is 0.161 e. The zero-order chi connectivity index (χ0) is 13.1. The van der Waals surface area contributed by atoms with E-state index in [1.54, 1.807) is 5.57 Å². The zero-order valence-electron chi connectivity index (χ0n) is 12.1. The van der Waals surface area contributed by atoms with Gasteiger partial charge < -0.3 is 5.32 Å². The van der Waals surface area contributed by atoms with Crippen molar-refractivity contribution in [3.63, 3.8) is 0 Å². The molecule has 1 spiro atoms. The average molecular weight is 357 g/mol. The van der Waals surface area contributed by atoms with Gasteiger partial charge in [0.25, 0.3) is 0 Å². The molecule has 1 aliphatic heterocycles. The number of hydrogen-bond acceptors (Lipinski definition) is 3. The highest BCUT2D eigenvalue weighted by molar-refractivity contribution is 8.93. The zero-order valence-corrected chi connectivity index (χ0v) is 14.6. The maximum atomic E-state index is 5.16. The highest BCUT2D eigenvalue weighted by atomic mass is 79.9. The van der Waals surface area contributed by atoms with Gasteiger partial charge in [0.15, 0.2) is 5.17 Å². The van der Waals surface area contributed by atoms with Crippen LogP contribution in [0.3, 0.4) is 0 Å². The second-order valence-electron chi connectivity index (χ2n) is 5.90. The minimum Gasteiger partial charge on any atom is -0.339 e. The van der Waals surface area contributed by atoms with Crippen LogP contribution >= 0.6 is 28.7 Å². The van der Waals surface area contributed by atoms with Gasteiger partial charge in [0.2, 0.25) is 0 Å². The van der Waals surface area contributed by atoms with E-state index in [1.807, 2.05) is 17.8 Å². The van der Waals surface area contributed by atoms with Crippen LogP contribution < -0.4 is 5.32 Å². The van der Waals surface area contributed by atoms with E-state index in [0.717, 1.165) is 10.9 Å². The molecule has 0 atom stereocenters. The molecular formula is C16H25BrN2S. The number of allylic oxidation sites excluding steroid dienone is 1. The second-order valence-corrected chi connectivity index (χ2v) is 6.91. The van der Waals surface area contributed by atoms with Gasteiger partial charge in [-0.15, -0.1) is 23.6 Å². The molecule has 0 unspecified atom stereocenters. The van der Waals surface area contributed by atoms with Crippen molar-refractivity contribution in [1.82, 2.24) is 5.32 Å². The molecule has 0 bridgehead atoms. The van der Waals surface area contributed by atoms with E-state index in [9.17, 15) is 0 Å². The summed E-state index contributed by atoms with van der Waals surface area (Å²) in [6.45, 7) is 3.81. The van der Waals surface area contributed by atoms with Crippen LogP contribution in [0, 0.1) is 0 Å². The quantitative estimate of drug-likeness (QED) is 0.706. The SMILES string of the molecule is Br.C=CCSC1=NC2(CCCCC2)C2=C(CCCC2)N1. The van der Waals surface area contributed by atoms with Crippen LogP contribution in [-0.2, 0) is 0 Å². The lowest BCUT2D eigenvalue weighted by Crippen LogP contribution is -2.42. The van der Waals surface area contributed by atoms with E-state index in [0.29, 0.717) is 0 Å². The Balaban J connectivity index is 0.00000147. The van der Waals surface area contributed by atoms with Crippen LogP contribution in [0.2, 0.25) is 0 Å². The Kier molecular flexibility index (Phi) is 5.79. The molecule has 1 N–H and O–H groups in total. The van der Waals surface area contributed by atoms with Crippen molar-refractivity contribution in [2.45, 2.75) is 63.3 Å². The van der Waals surface area contributed by atoms with Crippen molar-refractivity contribution in [1.29, 1.82) is 0 Å². The summed E-state index contributed by atoms with van der Waals surface area (Å²) in [5, 5.41) is 4.75. The van der Waals surface area contributed by atoms with Gasteiger partial charge in [-0.1, -0.05) is 37.1 Å². The van der Waals surface area contributed by atoms with Gasteiger partial charge in [-0.2, -0.15) is 0 Å². The van der Waals surface area contributed by atoms with Crippen molar-refractivity contribution < 1.29 is 0 Å². The van der Waals surface area contributed by atoms with Crippen molar-refractivity contribution in [3.8, 4) is 0 Å². The fourth-order valence-corrected chi connectivity index (χ4v) is 4.44. The van der Waals surface area contributed by atoms with Crippen LogP contribution in [0.5, 0.6) is 0 Å². The number of aliphatic imine (C=N–C) groups is 1. The fraction of sp³-hybridized carbons (Fsp3) is 0.688. The van der Waals surface area contributed by atoms with Crippen molar-refractivity contribution in [3.05, 3.63) is 23.9 Å². The van der Waals surface area contributed by atoms with E-state index in [4.69, 9.17) is 4.99 Å². The van der Waals surface area contributed by atoms with Gasteiger partial charge >= 0.3 is 0 Å². The monoisotopic (exact) mass is 356 g/mol. The van der Waals surface area contributed by atoms with Gasteiger partial charge in [0, 0.05) is 11.4 Å². The summed E-state index contributed by atoms with van der Waals surface area (Å²) >= 11 is 1.81. The Bertz CT molecular complexity index is 422. The van der Waals surface area contributed by atoms with Gasteiger partial charge in [0.1, 0.15) is 0 Å². The molecule has 0 radical (unpaired) electrons. The molecule has 112 valence electrons. The summed E-state index contributed by atoms with van der Waals surface area (Å²) in [7, 11) is 0. The lowest BCUT2D eigenvalue weighted by atomic mass is 9.72. The highest BCUT2D eigenvalue weighted by Gasteiger charge is 2.40. The van der Waals surface area contributed by atoms with E-state index in [2.05, 4.69) is 11.9 Å². The first-order valence-corrected chi connectivity index (χ1v) is 8.66. The smallest absolute Gasteiger partial charge is 0.161 e. The van der Waals surface area contributed by atoms with E-state index < -0.39 is 0 Å². The first-order chi connectivity index (χ1) is 9.34. The molecule has 1 saturated carbocycles. The summed E-state index contributed by atoms with van der Waals surface area (Å²) in [6.07, 6.45) is 13.8. The molecule has 2 nitrogen and oxygen atoms in total. The molecule has 20 heavy (non-hydrogen) atoms. The summed E-state index contributed by atoms with van der Waals surface area (Å²) in [5.74, 6) is 0.949. The molecule has 3 rings (SSSR count). The molecule has 1 heterocycles. The second kappa shape index (κ2) is 7.17. The number of halogens is 1. The van der Waals surface area contributed by atoms with Crippen LogP contribution in [0.4, 0.5) is 0 Å². The average Bonchev–Trinajstić information content (AvgIpc) is 2.46. The Hall–Kier alpha value is -0.220. The van der Waals surface area contributed by atoms with E-state index in [-0.39, 0.29) is 22.5 Å². The van der Waals surface area contributed by atoms with E-state index >= 15 is 0 Å². The van der Waals surface area contributed by atoms with Crippen LogP contribution in [0.1, 0.15) is 57.8 Å². The molecule has 4 heteroatoms. The molecule has 0 aromatic heterocycles. The molecule has 0 aromatic carbocycles. The predicted octanol–water partition coefficient (Wildman–Crippen LogP) is 4.97. The van der Waals surface area contributed by atoms with Crippen molar-refractivity contribution in [2.75, 3.05) is 5.75 Å². The lowest BCUT2D eigenvalue weighted by molar-refractivity contribution is 0.321. The first kappa shape index (κ1) is 16.2. The molecule has 2 aliphatic carbocycles. The highest BCUT2D eigenvalue weighted by Crippen LogP contribution is 2.45. The molecule has 0 saturated heterocycles. The van der Waals surface area contributed by atoms with Crippen LogP contribution in [0.25, 0.3) is 0 Å². The molecule has 0 aromatic rings. The maximum absolute atomic E-state index is 5.16. The number of hydrogen-bond donors (Lipinski definition) is 1. The third-order valence-electron chi connectivity index (χ3n) is 4.62. The molecule has 0 amide bonds. The first-order valence-electron chi connectivity index (χ1n) is 7.67. The number of amidine groups is 1. The Labute approximate surface area is 137 Å². The third-order valence-corrected chi connectivity index (χ3v) is 5.49. The molecular weight excluding hydrogens is 332 g/mol. The number of thioether (sulfide) groups is 1. The van der Waals surface area contributed by atoms with Gasteiger partial charge in [-0.25, -0.2) is 0 Å². The summed E-state index contributed by atoms with van der Waals surface area (Å²) in [6, 6.07) is 0. The van der Waals surface area contributed by atoms with Crippen LogP contribution in [0.15, 0.2) is 28.9 Å². The minimum atomic E-state index is 0. The Morgan fingerprint density at radius 1 is 1.15 bits per heavy atom. The topological polar surface area (TPSA) is 24.4 Å². The summed E-state index contributed by atoms with van der Waals surface area (Å²) in [4.78, 5) is 5.16. The fourth-order valence-electron chi connectivity index (χ4n) is 3.73. The normalized spacial score (nSPS) is 24.3. The van der Waals surface area contributed by atoms with Gasteiger partial charge in [-0.05, 0) is 44.1 Å². The van der Waals surface area contributed by atoms with E-state index in [1.165, 1.54) is 63.5 Å². The minimum absolute atomic E-state index is 0. The summed E-state index contributed by atoms with van der Waals surface area (Å²) in [5.41, 5.74) is 3.33. The Morgan fingerprint density at radius 2 is 1.90 bits per heavy atom. The summed E-state index contributed by atoms with van der Waals surface area (Å²) < 4.78 is 0. The van der Waals surface area contributed by atoms with Crippen molar-refractivity contribution in [2.24, 2.45) is 4.99 Å². The third kappa shape index (κ3) is 3.16. The van der Waals surface area contributed by atoms with Gasteiger partial charge in [-0.3, -0.25) is 4.99 Å². The van der Waals surface area contributed by atoms with Crippen LogP contribution in [-0.4, -0.2) is 16.5 Å². The number of nitrogens with zero attached hydrogens (tertiary/aromatic N) is 1. The Morgan fingerprint density at radius 3 is 2.65 bits per heavy atom. The predicted molar refractivity (Wildman–Crippen MR) is 94.9 cm³/mol. The largest absolute Gasteiger partial charge is 0.339 e. The molecule has 3 aliphatic rings. The van der Waals surface area contributed by atoms with Crippen molar-refractivity contribution >= 4 is 33.9 Å². The molecule has 1 fully saturated rings. The number of fused-ring (bicyclic) bond motifs is 1. The number of nitrogens with one attached hydrogen (secondary N) is 1. The number of rotatable bonds is 2.